The van der Waals surface area contributed by atoms with Crippen LogP contribution in [0.5, 0.6) is 0 Å². The Morgan fingerprint density at radius 1 is 1.27 bits per heavy atom. The number of aryl methyl sites for hydroxylation is 2. The first kappa shape index (κ1) is 16.3. The van der Waals surface area contributed by atoms with E-state index in [1.807, 2.05) is 38.1 Å². The van der Waals surface area contributed by atoms with Gasteiger partial charge in [-0.05, 0) is 44.5 Å². The van der Waals surface area contributed by atoms with Gasteiger partial charge in [0.05, 0.1) is 0 Å². The van der Waals surface area contributed by atoms with Crippen LogP contribution in [-0.4, -0.2) is 24.9 Å². The van der Waals surface area contributed by atoms with Gasteiger partial charge in [0.1, 0.15) is 11.5 Å². The van der Waals surface area contributed by atoms with Crippen molar-refractivity contribution in [2.75, 3.05) is 14.1 Å². The Bertz CT molecular complexity index is 659. The number of furan rings is 1. The van der Waals surface area contributed by atoms with Crippen molar-refractivity contribution in [1.29, 1.82) is 0 Å². The van der Waals surface area contributed by atoms with Crippen LogP contribution in [0.1, 0.15) is 46.0 Å². The average Bonchev–Trinajstić information content (AvgIpc) is 2.83. The number of carbonyl (C=O) groups excluding carboxylic acids is 1. The number of nitrogens with zero attached hydrogens (tertiary/aromatic N) is 1. The van der Waals surface area contributed by atoms with Crippen molar-refractivity contribution < 1.29 is 9.21 Å². The van der Waals surface area contributed by atoms with E-state index in [9.17, 15) is 4.79 Å². The van der Waals surface area contributed by atoms with Gasteiger partial charge in [-0.2, -0.15) is 0 Å². The smallest absolute Gasteiger partial charge is 0.253 e. The predicted octanol–water partition coefficient (Wildman–Crippen LogP) is 3.45. The fourth-order valence-corrected chi connectivity index (χ4v) is 2.53. The van der Waals surface area contributed by atoms with Crippen molar-refractivity contribution >= 4 is 5.91 Å². The molecule has 2 aromatic rings. The van der Waals surface area contributed by atoms with Gasteiger partial charge in [-0.1, -0.05) is 12.1 Å². The lowest BCUT2D eigenvalue weighted by atomic mass is 10.1. The molecular formula is C18H24N2O2. The molecule has 0 aliphatic heterocycles. The minimum atomic E-state index is 0.0243. The average molecular weight is 300 g/mol. The molecule has 4 heteroatoms. The van der Waals surface area contributed by atoms with Gasteiger partial charge in [0.2, 0.25) is 0 Å². The first-order valence-electron chi connectivity index (χ1n) is 7.49. The van der Waals surface area contributed by atoms with Crippen LogP contribution in [0.4, 0.5) is 0 Å². The van der Waals surface area contributed by atoms with Crippen LogP contribution in [0.25, 0.3) is 0 Å². The summed E-state index contributed by atoms with van der Waals surface area (Å²) in [5.74, 6) is 1.91. The number of benzene rings is 1. The van der Waals surface area contributed by atoms with E-state index in [0.29, 0.717) is 12.1 Å². The van der Waals surface area contributed by atoms with Crippen LogP contribution in [0.3, 0.4) is 0 Å². The van der Waals surface area contributed by atoms with Gasteiger partial charge in [-0.15, -0.1) is 0 Å². The molecule has 0 saturated carbocycles. The highest BCUT2D eigenvalue weighted by Gasteiger charge is 2.13. The van der Waals surface area contributed by atoms with Crippen molar-refractivity contribution in [3.63, 3.8) is 0 Å². The maximum Gasteiger partial charge on any atom is 0.253 e. The Morgan fingerprint density at radius 3 is 2.59 bits per heavy atom. The molecule has 0 saturated heterocycles. The van der Waals surface area contributed by atoms with Crippen molar-refractivity contribution in [1.82, 2.24) is 10.2 Å². The standard InChI is InChI=1S/C18H24N2O2/c1-12-9-17(14(3)22-12)13(2)19-11-15-7-6-8-16(10-15)18(21)20(4)5/h6-10,13,19H,11H2,1-5H3/t13-/m1/s1. The van der Waals surface area contributed by atoms with Crippen LogP contribution < -0.4 is 5.32 Å². The highest BCUT2D eigenvalue weighted by atomic mass is 16.3. The molecule has 1 atom stereocenters. The molecular weight excluding hydrogens is 276 g/mol. The molecule has 0 unspecified atom stereocenters. The van der Waals surface area contributed by atoms with E-state index in [1.165, 1.54) is 5.56 Å². The summed E-state index contributed by atoms with van der Waals surface area (Å²) in [6, 6.07) is 10.0. The predicted molar refractivity (Wildman–Crippen MR) is 87.9 cm³/mol. The second-order valence-electron chi connectivity index (χ2n) is 5.87. The van der Waals surface area contributed by atoms with E-state index in [0.717, 1.165) is 17.1 Å². The van der Waals surface area contributed by atoms with Gasteiger partial charge in [-0.3, -0.25) is 4.79 Å². The molecule has 1 aromatic carbocycles. The summed E-state index contributed by atoms with van der Waals surface area (Å²) >= 11 is 0. The van der Waals surface area contributed by atoms with E-state index in [-0.39, 0.29) is 11.9 Å². The highest BCUT2D eigenvalue weighted by Crippen LogP contribution is 2.21. The molecule has 2 rings (SSSR count). The number of nitrogens with one attached hydrogen (secondary N) is 1. The largest absolute Gasteiger partial charge is 0.466 e. The van der Waals surface area contributed by atoms with Crippen molar-refractivity contribution in [2.45, 2.75) is 33.4 Å². The maximum atomic E-state index is 12.0. The zero-order valence-corrected chi connectivity index (χ0v) is 13.9. The lowest BCUT2D eigenvalue weighted by Crippen LogP contribution is -2.22. The molecule has 0 radical (unpaired) electrons. The van der Waals surface area contributed by atoms with Gasteiger partial charge < -0.3 is 14.6 Å². The van der Waals surface area contributed by atoms with E-state index in [2.05, 4.69) is 18.3 Å². The minimum absolute atomic E-state index is 0.0243. The number of hydrogen-bond acceptors (Lipinski definition) is 3. The molecule has 0 fully saturated rings. The van der Waals surface area contributed by atoms with Crippen LogP contribution in [0, 0.1) is 13.8 Å². The summed E-state index contributed by atoms with van der Waals surface area (Å²) in [5, 5.41) is 3.48. The Kier molecular flexibility index (Phi) is 5.03. The molecule has 1 N–H and O–H groups in total. The Morgan fingerprint density at radius 2 is 2.00 bits per heavy atom. The Balaban J connectivity index is 2.04. The van der Waals surface area contributed by atoms with E-state index in [4.69, 9.17) is 4.42 Å². The normalized spacial score (nSPS) is 12.2. The van der Waals surface area contributed by atoms with Gasteiger partial charge in [0.25, 0.3) is 5.91 Å². The zero-order valence-electron chi connectivity index (χ0n) is 13.9. The molecule has 1 amide bonds. The lowest BCUT2D eigenvalue weighted by molar-refractivity contribution is 0.0827. The molecule has 1 aromatic heterocycles. The number of rotatable bonds is 5. The highest BCUT2D eigenvalue weighted by molar-refractivity contribution is 5.94. The summed E-state index contributed by atoms with van der Waals surface area (Å²) < 4.78 is 5.57. The van der Waals surface area contributed by atoms with Crippen molar-refractivity contribution in [3.05, 3.63) is 58.5 Å². The van der Waals surface area contributed by atoms with E-state index >= 15 is 0 Å². The summed E-state index contributed by atoms with van der Waals surface area (Å²) in [6.45, 7) is 6.77. The zero-order chi connectivity index (χ0) is 16.3. The number of hydrogen-bond donors (Lipinski definition) is 1. The third kappa shape index (κ3) is 3.77. The van der Waals surface area contributed by atoms with E-state index in [1.54, 1.807) is 19.0 Å². The molecule has 118 valence electrons. The quantitative estimate of drug-likeness (QED) is 0.920. The monoisotopic (exact) mass is 300 g/mol. The first-order valence-corrected chi connectivity index (χ1v) is 7.49. The molecule has 0 aliphatic rings. The SMILES string of the molecule is Cc1cc([C@@H](C)NCc2cccc(C(=O)N(C)C)c2)c(C)o1. The molecule has 22 heavy (non-hydrogen) atoms. The summed E-state index contributed by atoms with van der Waals surface area (Å²) in [4.78, 5) is 13.6. The van der Waals surface area contributed by atoms with Crippen LogP contribution >= 0.6 is 0 Å². The van der Waals surface area contributed by atoms with Crippen LogP contribution in [-0.2, 0) is 6.54 Å². The van der Waals surface area contributed by atoms with Gasteiger partial charge >= 0.3 is 0 Å². The molecule has 1 heterocycles. The van der Waals surface area contributed by atoms with Crippen LogP contribution in [0.15, 0.2) is 34.7 Å². The fourth-order valence-electron chi connectivity index (χ4n) is 2.53. The first-order chi connectivity index (χ1) is 10.4. The van der Waals surface area contributed by atoms with Crippen molar-refractivity contribution in [2.24, 2.45) is 0 Å². The molecule has 4 nitrogen and oxygen atoms in total. The van der Waals surface area contributed by atoms with E-state index < -0.39 is 0 Å². The second-order valence-corrected chi connectivity index (χ2v) is 5.87. The van der Waals surface area contributed by atoms with Gasteiger partial charge in [0, 0.05) is 37.8 Å². The lowest BCUT2D eigenvalue weighted by Gasteiger charge is -2.14. The molecule has 0 bridgehead atoms. The third-order valence-electron chi connectivity index (χ3n) is 3.74. The maximum absolute atomic E-state index is 12.0. The third-order valence-corrected chi connectivity index (χ3v) is 3.74. The van der Waals surface area contributed by atoms with Crippen LogP contribution in [0.2, 0.25) is 0 Å². The number of carbonyl (C=O) groups is 1. The fraction of sp³-hybridized carbons (Fsp3) is 0.389. The number of amides is 1. The van der Waals surface area contributed by atoms with Gasteiger partial charge in [-0.25, -0.2) is 0 Å². The topological polar surface area (TPSA) is 45.5 Å². The second kappa shape index (κ2) is 6.79. The summed E-state index contributed by atoms with van der Waals surface area (Å²) in [7, 11) is 3.53. The van der Waals surface area contributed by atoms with Gasteiger partial charge in [0.15, 0.2) is 0 Å². The molecule has 0 aliphatic carbocycles. The summed E-state index contributed by atoms with van der Waals surface area (Å²) in [6.07, 6.45) is 0. The summed E-state index contributed by atoms with van der Waals surface area (Å²) in [5.41, 5.74) is 2.99. The Labute approximate surface area is 132 Å². The van der Waals surface area contributed by atoms with Crippen molar-refractivity contribution in [3.8, 4) is 0 Å². The minimum Gasteiger partial charge on any atom is -0.466 e. The Hall–Kier alpha value is -2.07. The molecule has 0 spiro atoms.